The van der Waals surface area contributed by atoms with Gasteiger partial charge in [0.25, 0.3) is 0 Å². The highest BCUT2D eigenvalue weighted by atomic mass is 16.6. The maximum Gasteiger partial charge on any atom is 0.417 e. The van der Waals surface area contributed by atoms with Crippen LogP contribution < -0.4 is 0 Å². The maximum absolute atomic E-state index is 11.8. The van der Waals surface area contributed by atoms with Gasteiger partial charge >= 0.3 is 6.09 Å². The third-order valence-electron chi connectivity index (χ3n) is 3.45. The summed E-state index contributed by atoms with van der Waals surface area (Å²) in [7, 11) is 0. The van der Waals surface area contributed by atoms with Crippen LogP contribution >= 0.6 is 0 Å². The van der Waals surface area contributed by atoms with Crippen LogP contribution in [-0.2, 0) is 16.0 Å². The van der Waals surface area contributed by atoms with E-state index in [-0.39, 0.29) is 18.1 Å². The van der Waals surface area contributed by atoms with E-state index in [1.807, 2.05) is 24.3 Å². The summed E-state index contributed by atoms with van der Waals surface area (Å²) in [6.07, 6.45) is 0.331. The number of amides is 2. The first-order valence-corrected chi connectivity index (χ1v) is 5.83. The van der Waals surface area contributed by atoms with Crippen molar-refractivity contribution in [1.29, 1.82) is 0 Å². The van der Waals surface area contributed by atoms with Crippen molar-refractivity contribution in [3.63, 3.8) is 0 Å². The molecule has 0 aromatic heterocycles. The van der Waals surface area contributed by atoms with Gasteiger partial charge in [0, 0.05) is 12.8 Å². The van der Waals surface area contributed by atoms with E-state index in [2.05, 4.69) is 0 Å². The third-order valence-corrected chi connectivity index (χ3v) is 3.45. The molecule has 3 rings (SSSR count). The molecular formula is C13H13NO3. The molecule has 4 nitrogen and oxygen atoms in total. The second-order valence-corrected chi connectivity index (χ2v) is 4.39. The standard InChI is InChI=1S/C13H13NO3/c1-2-11(15)14-12-9-6-4-3-5-8(9)7-10(12)17-13(14)16/h3-6,10,12H,2,7H2,1H3/t10-,12+/m0/s1. The second kappa shape index (κ2) is 3.58. The third kappa shape index (κ3) is 1.37. The number of hydrogen-bond acceptors (Lipinski definition) is 3. The van der Waals surface area contributed by atoms with E-state index in [1.165, 1.54) is 10.5 Å². The van der Waals surface area contributed by atoms with Crippen LogP contribution in [0.5, 0.6) is 0 Å². The van der Waals surface area contributed by atoms with Crippen LogP contribution in [0.25, 0.3) is 0 Å². The molecule has 1 aromatic rings. The topological polar surface area (TPSA) is 46.6 Å². The second-order valence-electron chi connectivity index (χ2n) is 4.39. The number of rotatable bonds is 1. The predicted molar refractivity (Wildman–Crippen MR) is 60.3 cm³/mol. The van der Waals surface area contributed by atoms with Gasteiger partial charge in [0.05, 0.1) is 0 Å². The Hall–Kier alpha value is -1.84. The molecule has 0 saturated carbocycles. The summed E-state index contributed by atoms with van der Waals surface area (Å²) in [5.41, 5.74) is 2.22. The van der Waals surface area contributed by atoms with Crippen molar-refractivity contribution in [3.8, 4) is 0 Å². The Balaban J connectivity index is 2.03. The lowest BCUT2D eigenvalue weighted by molar-refractivity contribution is -0.129. The summed E-state index contributed by atoms with van der Waals surface area (Å²) in [6.45, 7) is 1.75. The van der Waals surface area contributed by atoms with E-state index in [9.17, 15) is 9.59 Å². The minimum absolute atomic E-state index is 0.167. The molecule has 2 amide bonds. The number of benzene rings is 1. The van der Waals surface area contributed by atoms with Gasteiger partial charge in [-0.1, -0.05) is 31.2 Å². The van der Waals surface area contributed by atoms with Crippen LogP contribution in [0.4, 0.5) is 4.79 Å². The van der Waals surface area contributed by atoms with Crippen molar-refractivity contribution in [2.75, 3.05) is 0 Å². The van der Waals surface area contributed by atoms with Crippen molar-refractivity contribution in [2.45, 2.75) is 31.9 Å². The molecule has 17 heavy (non-hydrogen) atoms. The number of imide groups is 1. The van der Waals surface area contributed by atoms with E-state index in [0.717, 1.165) is 5.56 Å². The van der Waals surface area contributed by atoms with E-state index in [0.29, 0.717) is 12.8 Å². The van der Waals surface area contributed by atoms with Gasteiger partial charge in [0.2, 0.25) is 5.91 Å². The van der Waals surface area contributed by atoms with Gasteiger partial charge in [0.1, 0.15) is 12.1 Å². The van der Waals surface area contributed by atoms with Gasteiger partial charge in [-0.15, -0.1) is 0 Å². The van der Waals surface area contributed by atoms with Crippen molar-refractivity contribution in [2.24, 2.45) is 0 Å². The van der Waals surface area contributed by atoms with Crippen molar-refractivity contribution < 1.29 is 14.3 Å². The molecule has 2 aliphatic rings. The smallest absolute Gasteiger partial charge is 0.417 e. The molecule has 1 aliphatic carbocycles. The minimum Gasteiger partial charge on any atom is -0.443 e. The van der Waals surface area contributed by atoms with Gasteiger partial charge in [0.15, 0.2) is 0 Å². The van der Waals surface area contributed by atoms with Crippen LogP contribution in [0.3, 0.4) is 0 Å². The molecule has 1 heterocycles. The lowest BCUT2D eigenvalue weighted by Crippen LogP contribution is -2.33. The number of hydrogen-bond donors (Lipinski definition) is 0. The Morgan fingerprint density at radius 2 is 2.24 bits per heavy atom. The lowest BCUT2D eigenvalue weighted by atomic mass is 10.1. The zero-order valence-electron chi connectivity index (χ0n) is 9.55. The molecule has 2 atom stereocenters. The quantitative estimate of drug-likeness (QED) is 0.743. The van der Waals surface area contributed by atoms with Gasteiger partial charge in [-0.2, -0.15) is 0 Å². The largest absolute Gasteiger partial charge is 0.443 e. The molecule has 0 N–H and O–H groups in total. The van der Waals surface area contributed by atoms with E-state index >= 15 is 0 Å². The number of nitrogens with zero attached hydrogens (tertiary/aromatic N) is 1. The van der Waals surface area contributed by atoms with Crippen LogP contribution in [0.15, 0.2) is 24.3 Å². The van der Waals surface area contributed by atoms with Gasteiger partial charge in [-0.05, 0) is 11.1 Å². The highest BCUT2D eigenvalue weighted by Gasteiger charge is 2.49. The SMILES string of the molecule is CCC(=O)N1C(=O)O[C@H]2Cc3ccccc3[C@H]21. The fourth-order valence-corrected chi connectivity index (χ4v) is 2.68. The molecule has 0 radical (unpaired) electrons. The summed E-state index contributed by atoms with van der Waals surface area (Å²) >= 11 is 0. The minimum atomic E-state index is -0.499. The average Bonchev–Trinajstić information content (AvgIpc) is 2.82. The fourth-order valence-electron chi connectivity index (χ4n) is 2.68. The molecule has 88 valence electrons. The molecule has 1 saturated heterocycles. The Morgan fingerprint density at radius 1 is 1.47 bits per heavy atom. The molecule has 4 heteroatoms. The Labute approximate surface area is 99.2 Å². The summed E-state index contributed by atoms with van der Waals surface area (Å²) < 4.78 is 5.27. The zero-order valence-corrected chi connectivity index (χ0v) is 9.55. The van der Waals surface area contributed by atoms with Crippen LogP contribution in [0.1, 0.15) is 30.5 Å². The summed E-state index contributed by atoms with van der Waals surface area (Å²) in [5, 5.41) is 0. The fraction of sp³-hybridized carbons (Fsp3) is 0.385. The van der Waals surface area contributed by atoms with Crippen molar-refractivity contribution in [3.05, 3.63) is 35.4 Å². The van der Waals surface area contributed by atoms with E-state index < -0.39 is 6.09 Å². The normalized spacial score (nSPS) is 25.5. The van der Waals surface area contributed by atoms with E-state index in [4.69, 9.17) is 4.74 Å². The van der Waals surface area contributed by atoms with Crippen LogP contribution in [0.2, 0.25) is 0 Å². The van der Waals surface area contributed by atoms with Crippen LogP contribution in [0, 0.1) is 0 Å². The predicted octanol–water partition coefficient (Wildman–Crippen LogP) is 2.04. The number of fused-ring (bicyclic) bond motifs is 3. The number of carbonyl (C=O) groups is 2. The first kappa shape index (κ1) is 10.3. The van der Waals surface area contributed by atoms with Gasteiger partial charge in [-0.3, -0.25) is 4.79 Å². The molecule has 0 bridgehead atoms. The molecule has 0 spiro atoms. The summed E-state index contributed by atoms with van der Waals surface area (Å²) in [4.78, 5) is 24.8. The number of carbonyl (C=O) groups excluding carboxylic acids is 2. The van der Waals surface area contributed by atoms with Crippen molar-refractivity contribution >= 4 is 12.0 Å². The van der Waals surface area contributed by atoms with Crippen LogP contribution in [-0.4, -0.2) is 23.0 Å². The van der Waals surface area contributed by atoms with Crippen molar-refractivity contribution in [1.82, 2.24) is 4.90 Å². The highest BCUT2D eigenvalue weighted by Crippen LogP contribution is 2.42. The summed E-state index contributed by atoms with van der Waals surface area (Å²) in [5.74, 6) is -0.167. The first-order valence-electron chi connectivity index (χ1n) is 5.83. The molecule has 1 aliphatic heterocycles. The Kier molecular flexibility index (Phi) is 2.18. The molecular weight excluding hydrogens is 218 g/mol. The lowest BCUT2D eigenvalue weighted by Gasteiger charge is -2.18. The maximum atomic E-state index is 11.8. The zero-order chi connectivity index (χ0) is 12.0. The molecule has 0 unspecified atom stereocenters. The monoisotopic (exact) mass is 231 g/mol. The van der Waals surface area contributed by atoms with Gasteiger partial charge in [-0.25, -0.2) is 9.69 Å². The molecule has 1 fully saturated rings. The average molecular weight is 231 g/mol. The van der Waals surface area contributed by atoms with Gasteiger partial charge < -0.3 is 4.74 Å². The Bertz CT molecular complexity index is 489. The first-order chi connectivity index (χ1) is 8.22. The Morgan fingerprint density at radius 3 is 3.00 bits per heavy atom. The summed E-state index contributed by atoms with van der Waals surface area (Å²) in [6, 6.07) is 7.67. The molecule has 1 aromatic carbocycles. The number of ether oxygens (including phenoxy) is 1. The van der Waals surface area contributed by atoms with E-state index in [1.54, 1.807) is 6.92 Å². The highest BCUT2D eigenvalue weighted by molar-refractivity contribution is 5.94.